The monoisotopic (exact) mass is 395 g/mol. The summed E-state index contributed by atoms with van der Waals surface area (Å²) in [7, 11) is 4.10. The lowest BCUT2D eigenvalue weighted by atomic mass is 10.2. The van der Waals surface area contributed by atoms with Gasteiger partial charge in [-0.25, -0.2) is 9.48 Å². The van der Waals surface area contributed by atoms with E-state index in [1.165, 1.54) is 0 Å². The van der Waals surface area contributed by atoms with Gasteiger partial charge in [0.25, 0.3) is 0 Å². The van der Waals surface area contributed by atoms with Crippen LogP contribution in [-0.2, 0) is 4.74 Å². The Morgan fingerprint density at radius 1 is 1.03 bits per heavy atom. The quantitative estimate of drug-likeness (QED) is 0.378. The van der Waals surface area contributed by atoms with E-state index in [0.29, 0.717) is 24.7 Å². The fraction of sp³-hybridized carbons (Fsp3) is 0.391. The average Bonchev–Trinajstić information content (AvgIpc) is 3.10. The minimum absolute atomic E-state index is 0.291. The Morgan fingerprint density at radius 2 is 1.79 bits per heavy atom. The molecule has 154 valence electrons. The minimum atomic E-state index is -0.291. The first-order valence-electron chi connectivity index (χ1n) is 10.1. The van der Waals surface area contributed by atoms with Gasteiger partial charge in [0, 0.05) is 6.54 Å². The molecule has 0 saturated carbocycles. The van der Waals surface area contributed by atoms with Crippen molar-refractivity contribution in [3.05, 3.63) is 54.1 Å². The number of ether oxygens (including phenoxy) is 2. The highest BCUT2D eigenvalue weighted by atomic mass is 16.5. The van der Waals surface area contributed by atoms with Crippen LogP contribution >= 0.6 is 0 Å². The molecule has 0 N–H and O–H groups in total. The van der Waals surface area contributed by atoms with Crippen LogP contribution < -0.4 is 4.74 Å². The van der Waals surface area contributed by atoms with Crippen LogP contribution in [0.2, 0.25) is 0 Å². The first-order chi connectivity index (χ1) is 14.1. The fourth-order valence-corrected chi connectivity index (χ4v) is 3.02. The van der Waals surface area contributed by atoms with Gasteiger partial charge in [-0.3, -0.25) is 0 Å². The molecule has 1 aromatic heterocycles. The summed E-state index contributed by atoms with van der Waals surface area (Å²) in [5.41, 5.74) is 2.38. The van der Waals surface area contributed by atoms with Gasteiger partial charge in [-0.2, -0.15) is 0 Å². The predicted octanol–water partition coefficient (Wildman–Crippen LogP) is 4.31. The molecule has 0 amide bonds. The normalized spacial score (nSPS) is 11.2. The van der Waals surface area contributed by atoms with E-state index in [0.717, 1.165) is 42.4 Å². The average molecular weight is 396 g/mol. The first kappa shape index (κ1) is 20.9. The summed E-state index contributed by atoms with van der Waals surface area (Å²) in [4.78, 5) is 14.2. The number of unbranched alkanes of at least 4 members (excludes halogenated alkanes) is 1. The molecule has 0 aliphatic heterocycles. The molecule has 6 heteroatoms. The molecular formula is C23H29N3O3. The highest BCUT2D eigenvalue weighted by molar-refractivity contribution is 5.90. The molecule has 3 aromatic rings. The van der Waals surface area contributed by atoms with Gasteiger partial charge in [0.1, 0.15) is 0 Å². The number of rotatable bonds is 10. The van der Waals surface area contributed by atoms with Crippen molar-refractivity contribution in [3.63, 3.8) is 0 Å². The molecule has 0 fully saturated rings. The number of fused-ring (bicyclic) bond motifs is 1. The zero-order valence-corrected chi connectivity index (χ0v) is 17.4. The van der Waals surface area contributed by atoms with Gasteiger partial charge in [-0.1, -0.05) is 25.5 Å². The number of carbonyl (C=O) groups is 1. The van der Waals surface area contributed by atoms with Crippen LogP contribution in [0.1, 0.15) is 36.5 Å². The van der Waals surface area contributed by atoms with Crippen LogP contribution in [0.4, 0.5) is 0 Å². The summed E-state index contributed by atoms with van der Waals surface area (Å²) in [5.74, 6) is 0.336. The predicted molar refractivity (Wildman–Crippen MR) is 115 cm³/mol. The number of carbonyl (C=O) groups excluding carboxylic acids is 1. The van der Waals surface area contributed by atoms with Crippen LogP contribution in [0.3, 0.4) is 0 Å². The van der Waals surface area contributed by atoms with E-state index in [1.807, 2.05) is 55.2 Å². The Labute approximate surface area is 172 Å². The van der Waals surface area contributed by atoms with Crippen molar-refractivity contribution >= 4 is 16.9 Å². The van der Waals surface area contributed by atoms with E-state index in [-0.39, 0.29) is 5.97 Å². The van der Waals surface area contributed by atoms with Crippen LogP contribution in [0.5, 0.6) is 5.88 Å². The number of esters is 1. The lowest BCUT2D eigenvalue weighted by Gasteiger charge is -2.09. The van der Waals surface area contributed by atoms with Crippen molar-refractivity contribution < 1.29 is 14.3 Å². The minimum Gasteiger partial charge on any atom is -0.476 e. The summed E-state index contributed by atoms with van der Waals surface area (Å²) in [6.07, 6.45) is 2.81. The van der Waals surface area contributed by atoms with Gasteiger partial charge in [0.2, 0.25) is 5.88 Å². The molecule has 1 heterocycles. The highest BCUT2D eigenvalue weighted by Gasteiger charge is 2.14. The summed E-state index contributed by atoms with van der Waals surface area (Å²) in [5, 5.41) is 5.65. The summed E-state index contributed by atoms with van der Waals surface area (Å²) in [6, 6.07) is 15.3. The van der Waals surface area contributed by atoms with Crippen molar-refractivity contribution in [2.45, 2.75) is 26.2 Å². The van der Waals surface area contributed by atoms with Crippen molar-refractivity contribution in [1.82, 2.24) is 14.7 Å². The second-order valence-corrected chi connectivity index (χ2v) is 7.28. The molecule has 0 aliphatic carbocycles. The summed E-state index contributed by atoms with van der Waals surface area (Å²) < 4.78 is 13.1. The van der Waals surface area contributed by atoms with Crippen molar-refractivity contribution in [3.8, 4) is 11.6 Å². The zero-order valence-electron chi connectivity index (χ0n) is 17.4. The molecule has 29 heavy (non-hydrogen) atoms. The van der Waals surface area contributed by atoms with E-state index in [9.17, 15) is 4.79 Å². The van der Waals surface area contributed by atoms with Crippen LogP contribution in [0.25, 0.3) is 16.6 Å². The number of benzene rings is 2. The molecule has 6 nitrogen and oxygen atoms in total. The number of para-hydroxylation sites is 1. The number of aromatic nitrogens is 2. The Bertz CT molecular complexity index is 932. The van der Waals surface area contributed by atoms with Gasteiger partial charge in [-0.15, -0.1) is 5.10 Å². The van der Waals surface area contributed by atoms with E-state index in [1.54, 1.807) is 12.1 Å². The molecule has 0 aliphatic rings. The SMILES string of the molecule is CCCCOC(=O)c1ccc(-n2nc(OCCCN(C)C)c3ccccc32)cc1. The van der Waals surface area contributed by atoms with Crippen molar-refractivity contribution in [2.75, 3.05) is 33.9 Å². The third kappa shape index (κ3) is 5.35. The maximum atomic E-state index is 12.1. The molecule has 0 unspecified atom stereocenters. The Hall–Kier alpha value is -2.86. The van der Waals surface area contributed by atoms with Gasteiger partial charge in [-0.05, 0) is 63.3 Å². The largest absolute Gasteiger partial charge is 0.476 e. The molecule has 3 rings (SSSR count). The van der Waals surface area contributed by atoms with Gasteiger partial charge < -0.3 is 14.4 Å². The molecule has 0 bridgehead atoms. The van der Waals surface area contributed by atoms with Gasteiger partial charge >= 0.3 is 5.97 Å². The zero-order chi connectivity index (χ0) is 20.6. The second kappa shape index (κ2) is 10.1. The molecule has 0 radical (unpaired) electrons. The van der Waals surface area contributed by atoms with E-state index < -0.39 is 0 Å². The second-order valence-electron chi connectivity index (χ2n) is 7.28. The molecular weight excluding hydrogens is 366 g/mol. The van der Waals surface area contributed by atoms with Crippen molar-refractivity contribution in [2.24, 2.45) is 0 Å². The maximum absolute atomic E-state index is 12.1. The molecule has 2 aromatic carbocycles. The highest BCUT2D eigenvalue weighted by Crippen LogP contribution is 2.27. The van der Waals surface area contributed by atoms with Crippen molar-refractivity contribution in [1.29, 1.82) is 0 Å². The third-order valence-corrected chi connectivity index (χ3v) is 4.62. The number of hydrogen-bond acceptors (Lipinski definition) is 5. The maximum Gasteiger partial charge on any atom is 0.338 e. The standard InChI is InChI=1S/C23H29N3O3/c1-4-5-16-29-23(27)18-11-13-19(14-12-18)26-21-10-7-6-9-20(21)22(24-26)28-17-8-15-25(2)3/h6-7,9-14H,4-5,8,15-17H2,1-3H3. The molecule has 0 saturated heterocycles. The first-order valence-corrected chi connectivity index (χ1v) is 10.1. The van der Waals surface area contributed by atoms with E-state index in [2.05, 4.69) is 16.9 Å². The topological polar surface area (TPSA) is 56.6 Å². The van der Waals surface area contributed by atoms with E-state index in [4.69, 9.17) is 9.47 Å². The van der Waals surface area contributed by atoms with Crippen LogP contribution in [-0.4, -0.2) is 54.5 Å². The van der Waals surface area contributed by atoms with Gasteiger partial charge in [0.05, 0.1) is 35.4 Å². The lowest BCUT2D eigenvalue weighted by molar-refractivity contribution is 0.0499. The van der Waals surface area contributed by atoms with Gasteiger partial charge in [0.15, 0.2) is 0 Å². The number of nitrogens with zero attached hydrogens (tertiary/aromatic N) is 3. The smallest absolute Gasteiger partial charge is 0.338 e. The molecule has 0 spiro atoms. The summed E-state index contributed by atoms with van der Waals surface area (Å²) in [6.45, 7) is 4.10. The fourth-order valence-electron chi connectivity index (χ4n) is 3.02. The number of hydrogen-bond donors (Lipinski definition) is 0. The Morgan fingerprint density at radius 3 is 2.52 bits per heavy atom. The Balaban J connectivity index is 1.78. The Kier molecular flexibility index (Phi) is 7.25. The lowest BCUT2D eigenvalue weighted by Crippen LogP contribution is -2.15. The van der Waals surface area contributed by atoms with Crippen LogP contribution in [0, 0.1) is 0 Å². The van der Waals surface area contributed by atoms with E-state index >= 15 is 0 Å². The third-order valence-electron chi connectivity index (χ3n) is 4.62. The van der Waals surface area contributed by atoms with Crippen LogP contribution in [0.15, 0.2) is 48.5 Å². The summed E-state index contributed by atoms with van der Waals surface area (Å²) >= 11 is 0. The molecule has 0 atom stereocenters.